The highest BCUT2D eigenvalue weighted by Gasteiger charge is 2.12. The van der Waals surface area contributed by atoms with Gasteiger partial charge in [-0.3, -0.25) is 4.79 Å². The van der Waals surface area contributed by atoms with Gasteiger partial charge in [0.05, 0.1) is 5.56 Å². The van der Waals surface area contributed by atoms with Crippen molar-refractivity contribution in [1.82, 2.24) is 14.9 Å². The predicted octanol–water partition coefficient (Wildman–Crippen LogP) is 3.92. The maximum atomic E-state index is 12.6. The summed E-state index contributed by atoms with van der Waals surface area (Å²) in [5.41, 5.74) is 3.68. The van der Waals surface area contributed by atoms with Gasteiger partial charge in [0.1, 0.15) is 11.6 Å². The summed E-state index contributed by atoms with van der Waals surface area (Å²) in [7, 11) is 0. The fourth-order valence-electron chi connectivity index (χ4n) is 3.55. The number of aromatic carboxylic acids is 1. The third-order valence-corrected chi connectivity index (χ3v) is 5.18. The molecule has 0 aliphatic carbocycles. The molecule has 7 heteroatoms. The van der Waals surface area contributed by atoms with E-state index in [0.717, 1.165) is 22.2 Å². The van der Waals surface area contributed by atoms with E-state index < -0.39 is 11.9 Å². The normalized spacial score (nSPS) is 11.3. The van der Waals surface area contributed by atoms with E-state index in [9.17, 15) is 14.9 Å². The molecule has 0 bridgehead atoms. The molecule has 158 valence electrons. The average Bonchev–Trinajstić information content (AvgIpc) is 3.44. The first-order valence-corrected chi connectivity index (χ1v) is 10.0. The SMILES string of the molecule is N#C/C(=C/c1cccn1-c1ccc(C(=O)O)cc1)C(=O)NCCc1c[nH]c2ccccc12. The van der Waals surface area contributed by atoms with Crippen LogP contribution in [-0.2, 0) is 11.2 Å². The number of carbonyl (C=O) groups excluding carboxylic acids is 1. The highest BCUT2D eigenvalue weighted by atomic mass is 16.4. The molecule has 2 aromatic heterocycles. The number of hydrogen-bond acceptors (Lipinski definition) is 3. The third kappa shape index (κ3) is 4.30. The van der Waals surface area contributed by atoms with Crippen LogP contribution in [0.5, 0.6) is 0 Å². The van der Waals surface area contributed by atoms with E-state index in [1.54, 1.807) is 35.0 Å². The van der Waals surface area contributed by atoms with Crippen LogP contribution < -0.4 is 5.32 Å². The molecular weight excluding hydrogens is 404 g/mol. The van der Waals surface area contributed by atoms with Gasteiger partial charge in [0.15, 0.2) is 0 Å². The summed E-state index contributed by atoms with van der Waals surface area (Å²) >= 11 is 0. The Morgan fingerprint density at radius 2 is 1.88 bits per heavy atom. The minimum atomic E-state index is -1.000. The van der Waals surface area contributed by atoms with Gasteiger partial charge in [0.25, 0.3) is 5.91 Å². The number of carboxylic acids is 1. The molecule has 3 N–H and O–H groups in total. The smallest absolute Gasteiger partial charge is 0.335 e. The maximum absolute atomic E-state index is 12.6. The van der Waals surface area contributed by atoms with Gasteiger partial charge < -0.3 is 20.0 Å². The number of fused-ring (bicyclic) bond motifs is 1. The minimum Gasteiger partial charge on any atom is -0.478 e. The molecule has 0 spiro atoms. The lowest BCUT2D eigenvalue weighted by Crippen LogP contribution is -2.26. The van der Waals surface area contributed by atoms with E-state index in [0.29, 0.717) is 18.7 Å². The molecule has 32 heavy (non-hydrogen) atoms. The van der Waals surface area contributed by atoms with E-state index in [4.69, 9.17) is 5.11 Å². The van der Waals surface area contributed by atoms with Crippen molar-refractivity contribution in [2.45, 2.75) is 6.42 Å². The highest BCUT2D eigenvalue weighted by molar-refractivity contribution is 6.01. The van der Waals surface area contributed by atoms with Crippen LogP contribution in [0, 0.1) is 11.3 Å². The number of carboxylic acid groups (broad SMARTS) is 1. The van der Waals surface area contributed by atoms with Crippen molar-refractivity contribution < 1.29 is 14.7 Å². The molecule has 0 unspecified atom stereocenters. The number of nitriles is 1. The number of benzene rings is 2. The first-order valence-electron chi connectivity index (χ1n) is 10.0. The van der Waals surface area contributed by atoms with Crippen LogP contribution in [0.3, 0.4) is 0 Å². The summed E-state index contributed by atoms with van der Waals surface area (Å²) in [6.45, 7) is 0.400. The summed E-state index contributed by atoms with van der Waals surface area (Å²) in [6.07, 6.45) is 5.87. The molecule has 0 aliphatic rings. The van der Waals surface area contributed by atoms with Gasteiger partial charge in [-0.1, -0.05) is 18.2 Å². The molecule has 0 saturated carbocycles. The number of nitrogens with one attached hydrogen (secondary N) is 2. The lowest BCUT2D eigenvalue weighted by Gasteiger charge is -2.08. The highest BCUT2D eigenvalue weighted by Crippen LogP contribution is 2.18. The van der Waals surface area contributed by atoms with Crippen LogP contribution >= 0.6 is 0 Å². The molecule has 0 saturated heterocycles. The van der Waals surface area contributed by atoms with Crippen molar-refractivity contribution in [3.05, 3.63) is 95.5 Å². The number of amides is 1. The van der Waals surface area contributed by atoms with Crippen LogP contribution in [-0.4, -0.2) is 33.1 Å². The zero-order valence-corrected chi connectivity index (χ0v) is 17.1. The molecule has 4 rings (SSSR count). The molecule has 4 aromatic rings. The van der Waals surface area contributed by atoms with Crippen LogP contribution in [0.25, 0.3) is 22.7 Å². The molecule has 1 amide bonds. The standard InChI is InChI=1S/C25H20N4O3/c26-15-19(24(30)27-12-11-18-16-28-23-6-2-1-5-22(18)23)14-21-4-3-13-29(21)20-9-7-17(8-10-20)25(31)32/h1-10,13-14,16,28H,11-12H2,(H,27,30)(H,31,32)/b19-14-. The Bertz CT molecular complexity index is 1350. The van der Waals surface area contributed by atoms with Crippen molar-refractivity contribution in [2.24, 2.45) is 0 Å². The van der Waals surface area contributed by atoms with E-state index in [2.05, 4.69) is 10.3 Å². The first-order chi connectivity index (χ1) is 15.6. The number of H-pyrrole nitrogens is 1. The number of nitrogens with zero attached hydrogens (tertiary/aromatic N) is 2. The topological polar surface area (TPSA) is 111 Å². The molecule has 0 atom stereocenters. The van der Waals surface area contributed by atoms with Crippen LogP contribution in [0.1, 0.15) is 21.6 Å². The molecule has 0 fully saturated rings. The number of aromatic nitrogens is 2. The zero-order valence-electron chi connectivity index (χ0n) is 17.1. The van der Waals surface area contributed by atoms with Gasteiger partial charge in [-0.25, -0.2) is 4.79 Å². The van der Waals surface area contributed by atoms with E-state index in [1.165, 1.54) is 18.2 Å². The minimum absolute atomic E-state index is 0.00830. The molecule has 2 heterocycles. The number of para-hydroxylation sites is 1. The predicted molar refractivity (Wildman–Crippen MR) is 121 cm³/mol. The largest absolute Gasteiger partial charge is 0.478 e. The Labute approximate surface area is 184 Å². The van der Waals surface area contributed by atoms with Crippen molar-refractivity contribution in [2.75, 3.05) is 6.54 Å². The van der Waals surface area contributed by atoms with Gasteiger partial charge in [-0.05, 0) is 60.5 Å². The van der Waals surface area contributed by atoms with E-state index in [1.807, 2.05) is 36.5 Å². The van der Waals surface area contributed by atoms with Crippen molar-refractivity contribution in [3.8, 4) is 11.8 Å². The molecule has 2 aromatic carbocycles. The van der Waals surface area contributed by atoms with Crippen LogP contribution in [0.15, 0.2) is 78.6 Å². The first kappa shape index (κ1) is 20.7. The zero-order chi connectivity index (χ0) is 22.5. The second-order valence-electron chi connectivity index (χ2n) is 7.19. The van der Waals surface area contributed by atoms with E-state index >= 15 is 0 Å². The van der Waals surface area contributed by atoms with Gasteiger partial charge in [-0.2, -0.15) is 5.26 Å². The summed E-state index contributed by atoms with van der Waals surface area (Å²) in [6, 6.07) is 19.9. The van der Waals surface area contributed by atoms with Crippen molar-refractivity contribution in [1.29, 1.82) is 5.26 Å². The van der Waals surface area contributed by atoms with Crippen LogP contribution in [0.2, 0.25) is 0 Å². The fraction of sp³-hybridized carbons (Fsp3) is 0.0800. The summed E-state index contributed by atoms with van der Waals surface area (Å²) in [4.78, 5) is 26.8. The second-order valence-corrected chi connectivity index (χ2v) is 7.19. The molecule has 0 aliphatic heterocycles. The Kier molecular flexibility index (Phi) is 5.86. The Morgan fingerprint density at radius 1 is 1.09 bits per heavy atom. The third-order valence-electron chi connectivity index (χ3n) is 5.18. The number of rotatable bonds is 7. The maximum Gasteiger partial charge on any atom is 0.335 e. The summed E-state index contributed by atoms with van der Waals surface area (Å²) in [5.74, 6) is -1.44. The van der Waals surface area contributed by atoms with Crippen LogP contribution in [0.4, 0.5) is 0 Å². The lowest BCUT2D eigenvalue weighted by molar-refractivity contribution is -0.117. The Balaban J connectivity index is 1.46. The van der Waals surface area contributed by atoms with E-state index in [-0.39, 0.29) is 11.1 Å². The number of carbonyl (C=O) groups is 2. The average molecular weight is 424 g/mol. The molecule has 0 radical (unpaired) electrons. The van der Waals surface area contributed by atoms with Crippen molar-refractivity contribution >= 4 is 28.9 Å². The summed E-state index contributed by atoms with van der Waals surface area (Å²) in [5, 5.41) is 22.5. The molecular formula is C25H20N4O3. The number of hydrogen-bond donors (Lipinski definition) is 3. The molecule has 7 nitrogen and oxygen atoms in total. The summed E-state index contributed by atoms with van der Waals surface area (Å²) < 4.78 is 1.78. The fourth-order valence-corrected chi connectivity index (χ4v) is 3.55. The van der Waals surface area contributed by atoms with Gasteiger partial charge in [-0.15, -0.1) is 0 Å². The van der Waals surface area contributed by atoms with Gasteiger partial charge in [0, 0.05) is 41.2 Å². The van der Waals surface area contributed by atoms with Gasteiger partial charge in [0.2, 0.25) is 0 Å². The Morgan fingerprint density at radius 3 is 2.62 bits per heavy atom. The monoisotopic (exact) mass is 424 g/mol. The van der Waals surface area contributed by atoms with Crippen molar-refractivity contribution in [3.63, 3.8) is 0 Å². The van der Waals surface area contributed by atoms with Gasteiger partial charge >= 0.3 is 5.97 Å². The quantitative estimate of drug-likeness (QED) is 0.308. The number of aromatic amines is 1. The Hall–Kier alpha value is -4.57. The second kappa shape index (κ2) is 9.06. The lowest BCUT2D eigenvalue weighted by atomic mass is 10.1.